The predicted octanol–water partition coefficient (Wildman–Crippen LogP) is 1.67. The number of hydrogen-bond donors (Lipinski definition) is 1. The molecule has 0 aromatic heterocycles. The third-order valence-corrected chi connectivity index (χ3v) is 1.02. The van der Waals surface area contributed by atoms with Gasteiger partial charge in [-0.05, 0) is 14.0 Å². The second-order valence-electron chi connectivity index (χ2n) is 1.82. The molecule has 1 atom stereocenters. The molecule has 4 heteroatoms. The van der Waals surface area contributed by atoms with E-state index in [1.165, 1.54) is 0 Å². The van der Waals surface area contributed by atoms with Crippen molar-refractivity contribution >= 4 is 12.4 Å². The number of halogens is 3. The number of alkyl halides is 2. The lowest BCUT2D eigenvalue weighted by Gasteiger charge is -2.06. The van der Waals surface area contributed by atoms with Crippen LogP contribution in [0, 0.1) is 0 Å². The molecule has 0 heterocycles. The molecule has 0 aromatic rings. The van der Waals surface area contributed by atoms with Gasteiger partial charge in [0, 0.05) is 12.5 Å². The second-order valence-corrected chi connectivity index (χ2v) is 1.82. The zero-order chi connectivity index (χ0) is 6.57. The normalized spacial score (nSPS) is 13.0. The fraction of sp³-hybridized carbons (Fsp3) is 1.00. The van der Waals surface area contributed by atoms with E-state index in [9.17, 15) is 8.78 Å². The predicted molar refractivity (Wildman–Crippen MR) is 36.4 cm³/mol. The van der Waals surface area contributed by atoms with E-state index in [1.807, 2.05) is 0 Å². The minimum absolute atomic E-state index is 0. The minimum atomic E-state index is -2.18. The van der Waals surface area contributed by atoms with E-state index < -0.39 is 6.43 Å². The third kappa shape index (κ3) is 8.11. The Morgan fingerprint density at radius 1 is 1.44 bits per heavy atom. The summed E-state index contributed by atoms with van der Waals surface area (Å²) < 4.78 is 22.9. The van der Waals surface area contributed by atoms with E-state index in [0.717, 1.165) is 0 Å². The Kier molecular flexibility index (Phi) is 8.21. The van der Waals surface area contributed by atoms with Gasteiger partial charge in [-0.2, -0.15) is 0 Å². The minimum Gasteiger partial charge on any atom is -0.317 e. The molecule has 0 fully saturated rings. The molecule has 0 aliphatic heterocycles. The molecule has 0 amide bonds. The fourth-order valence-corrected chi connectivity index (χ4v) is 0.385. The summed E-state index contributed by atoms with van der Waals surface area (Å²) in [5, 5.41) is 2.72. The lowest BCUT2D eigenvalue weighted by Crippen LogP contribution is -2.23. The number of nitrogens with one attached hydrogen (secondary N) is 1. The van der Waals surface area contributed by atoms with E-state index in [2.05, 4.69) is 5.32 Å². The monoisotopic (exact) mass is 159 g/mol. The van der Waals surface area contributed by atoms with Gasteiger partial charge in [0.2, 0.25) is 6.43 Å². The summed E-state index contributed by atoms with van der Waals surface area (Å²) in [5.74, 6) is 0. The summed E-state index contributed by atoms with van der Waals surface area (Å²) in [6.07, 6.45) is -2.24. The molecule has 0 radical (unpaired) electrons. The van der Waals surface area contributed by atoms with Gasteiger partial charge in [-0.3, -0.25) is 0 Å². The van der Waals surface area contributed by atoms with Crippen molar-refractivity contribution in [2.45, 2.75) is 25.8 Å². The van der Waals surface area contributed by atoms with Crippen molar-refractivity contribution in [1.82, 2.24) is 5.32 Å². The molecule has 1 unspecified atom stereocenters. The first-order valence-corrected chi connectivity index (χ1v) is 2.62. The van der Waals surface area contributed by atoms with Crippen molar-refractivity contribution in [3.05, 3.63) is 0 Å². The molecular weight excluding hydrogens is 148 g/mol. The molecule has 0 aromatic carbocycles. The largest absolute Gasteiger partial charge is 0.317 e. The average molecular weight is 160 g/mol. The molecule has 0 spiro atoms. The first kappa shape index (κ1) is 11.9. The van der Waals surface area contributed by atoms with Gasteiger partial charge in [0.15, 0.2) is 0 Å². The van der Waals surface area contributed by atoms with Gasteiger partial charge >= 0.3 is 0 Å². The maximum absolute atomic E-state index is 11.4. The summed E-state index contributed by atoms with van der Waals surface area (Å²) in [6, 6.07) is -0.0741. The molecule has 0 saturated heterocycles. The molecule has 1 N–H and O–H groups in total. The highest BCUT2D eigenvalue weighted by atomic mass is 35.5. The Bertz CT molecular complexity index is 60.9. The van der Waals surface area contributed by atoms with E-state index in [0.29, 0.717) is 0 Å². The average Bonchev–Trinajstić information content (AvgIpc) is 1.65. The molecule has 0 rings (SSSR count). The van der Waals surface area contributed by atoms with Crippen LogP contribution in [0.2, 0.25) is 0 Å². The lowest BCUT2D eigenvalue weighted by molar-refractivity contribution is 0.126. The maximum Gasteiger partial charge on any atom is 0.240 e. The Hall–Kier alpha value is 0.110. The van der Waals surface area contributed by atoms with Gasteiger partial charge < -0.3 is 5.32 Å². The summed E-state index contributed by atoms with van der Waals surface area (Å²) >= 11 is 0. The fourth-order valence-electron chi connectivity index (χ4n) is 0.385. The Labute approximate surface area is 60.2 Å². The van der Waals surface area contributed by atoms with Gasteiger partial charge in [0.1, 0.15) is 0 Å². The Morgan fingerprint density at radius 2 is 1.89 bits per heavy atom. The Morgan fingerprint density at radius 3 is 2.00 bits per heavy atom. The van der Waals surface area contributed by atoms with E-state index in [4.69, 9.17) is 0 Å². The van der Waals surface area contributed by atoms with Gasteiger partial charge in [-0.15, -0.1) is 12.4 Å². The summed E-state index contributed by atoms with van der Waals surface area (Å²) in [5.41, 5.74) is 0. The van der Waals surface area contributed by atoms with Crippen LogP contribution in [0.3, 0.4) is 0 Å². The number of hydrogen-bond acceptors (Lipinski definition) is 1. The molecule has 0 saturated carbocycles. The van der Waals surface area contributed by atoms with Crippen molar-refractivity contribution in [3.63, 3.8) is 0 Å². The zero-order valence-electron chi connectivity index (χ0n) is 5.53. The molecule has 0 bridgehead atoms. The first-order chi connectivity index (χ1) is 3.66. The molecule has 0 aliphatic carbocycles. The zero-order valence-corrected chi connectivity index (χ0v) is 6.34. The van der Waals surface area contributed by atoms with Crippen molar-refractivity contribution in [2.24, 2.45) is 0 Å². The van der Waals surface area contributed by atoms with Crippen LogP contribution in [0.1, 0.15) is 13.3 Å². The van der Waals surface area contributed by atoms with E-state index in [-0.39, 0.29) is 24.9 Å². The maximum atomic E-state index is 11.4. The van der Waals surface area contributed by atoms with Gasteiger partial charge in [-0.1, -0.05) is 0 Å². The first-order valence-electron chi connectivity index (χ1n) is 2.62. The molecule has 9 heavy (non-hydrogen) atoms. The van der Waals surface area contributed by atoms with Crippen LogP contribution in [0.15, 0.2) is 0 Å². The molecule has 58 valence electrons. The van der Waals surface area contributed by atoms with Crippen molar-refractivity contribution in [1.29, 1.82) is 0 Å². The van der Waals surface area contributed by atoms with Crippen molar-refractivity contribution < 1.29 is 8.78 Å². The van der Waals surface area contributed by atoms with E-state index in [1.54, 1.807) is 14.0 Å². The smallest absolute Gasteiger partial charge is 0.240 e. The molecular formula is C5H12ClF2N. The quantitative estimate of drug-likeness (QED) is 0.661. The van der Waals surface area contributed by atoms with E-state index >= 15 is 0 Å². The van der Waals surface area contributed by atoms with Crippen LogP contribution in [-0.4, -0.2) is 19.5 Å². The van der Waals surface area contributed by atoms with Gasteiger partial charge in [-0.25, -0.2) is 8.78 Å². The van der Waals surface area contributed by atoms with Crippen LogP contribution in [0.4, 0.5) is 8.78 Å². The standard InChI is InChI=1S/C5H11F2N.ClH/c1-4(8-2)3-5(6)7;/h4-5,8H,3H2,1-2H3;1H. The lowest BCUT2D eigenvalue weighted by atomic mass is 10.2. The highest BCUT2D eigenvalue weighted by Crippen LogP contribution is 2.01. The van der Waals surface area contributed by atoms with Crippen molar-refractivity contribution in [2.75, 3.05) is 7.05 Å². The summed E-state index contributed by atoms with van der Waals surface area (Å²) in [4.78, 5) is 0. The second kappa shape index (κ2) is 6.23. The number of rotatable bonds is 3. The summed E-state index contributed by atoms with van der Waals surface area (Å²) in [7, 11) is 1.67. The molecule has 1 nitrogen and oxygen atoms in total. The summed E-state index contributed by atoms with van der Waals surface area (Å²) in [6.45, 7) is 1.73. The van der Waals surface area contributed by atoms with Crippen LogP contribution in [0.25, 0.3) is 0 Å². The molecule has 0 aliphatic rings. The Balaban J connectivity index is 0. The highest BCUT2D eigenvalue weighted by molar-refractivity contribution is 5.85. The topological polar surface area (TPSA) is 12.0 Å². The van der Waals surface area contributed by atoms with Crippen LogP contribution in [-0.2, 0) is 0 Å². The van der Waals surface area contributed by atoms with Gasteiger partial charge in [0.05, 0.1) is 0 Å². The van der Waals surface area contributed by atoms with Gasteiger partial charge in [0.25, 0.3) is 0 Å². The van der Waals surface area contributed by atoms with Crippen LogP contribution in [0.5, 0.6) is 0 Å². The van der Waals surface area contributed by atoms with Crippen LogP contribution >= 0.6 is 12.4 Å². The third-order valence-electron chi connectivity index (χ3n) is 1.02. The SMILES string of the molecule is CNC(C)CC(F)F.Cl. The highest BCUT2D eigenvalue weighted by Gasteiger charge is 2.06. The van der Waals surface area contributed by atoms with Crippen LogP contribution < -0.4 is 5.32 Å². The van der Waals surface area contributed by atoms with Crippen molar-refractivity contribution in [3.8, 4) is 0 Å².